The van der Waals surface area contributed by atoms with Crippen molar-refractivity contribution in [1.29, 1.82) is 0 Å². The average molecular weight is 526 g/mol. The largest absolute Gasteiger partial charge is 0.507 e. The van der Waals surface area contributed by atoms with Crippen molar-refractivity contribution in [2.75, 3.05) is 7.11 Å². The van der Waals surface area contributed by atoms with E-state index in [-0.39, 0.29) is 29.4 Å². The Hall–Kier alpha value is -4.98. The van der Waals surface area contributed by atoms with Crippen molar-refractivity contribution < 1.29 is 33.7 Å². The van der Waals surface area contributed by atoms with Gasteiger partial charge in [0.05, 0.1) is 31.5 Å². The summed E-state index contributed by atoms with van der Waals surface area (Å²) in [4.78, 5) is 27.8. The van der Waals surface area contributed by atoms with E-state index in [1.165, 1.54) is 30.4 Å². The molecule has 1 fully saturated rings. The molecule has 2 N–H and O–H groups in total. The summed E-state index contributed by atoms with van der Waals surface area (Å²) in [6, 6.07) is 21.6. The van der Waals surface area contributed by atoms with Crippen molar-refractivity contribution in [3.63, 3.8) is 0 Å². The van der Waals surface area contributed by atoms with Crippen LogP contribution in [0, 0.1) is 6.92 Å². The molecular formula is C31H27NO7. The lowest BCUT2D eigenvalue weighted by atomic mass is 9.95. The molecule has 1 atom stereocenters. The van der Waals surface area contributed by atoms with Gasteiger partial charge in [-0.2, -0.15) is 0 Å². The van der Waals surface area contributed by atoms with Gasteiger partial charge in [-0.3, -0.25) is 9.59 Å². The number of aliphatic hydroxyl groups is 1. The average Bonchev–Trinajstić information content (AvgIpc) is 3.55. The van der Waals surface area contributed by atoms with E-state index in [4.69, 9.17) is 13.9 Å². The molecular weight excluding hydrogens is 498 g/mol. The maximum absolute atomic E-state index is 13.3. The summed E-state index contributed by atoms with van der Waals surface area (Å²) in [6.45, 7) is 2.41. The molecule has 4 aromatic rings. The van der Waals surface area contributed by atoms with E-state index >= 15 is 0 Å². The predicted molar refractivity (Wildman–Crippen MR) is 143 cm³/mol. The third-order valence-corrected chi connectivity index (χ3v) is 6.75. The van der Waals surface area contributed by atoms with Gasteiger partial charge in [0.25, 0.3) is 11.7 Å². The number of nitrogens with zero attached hydrogens (tertiary/aromatic N) is 1. The number of aromatic hydroxyl groups is 1. The Balaban J connectivity index is 1.50. The summed E-state index contributed by atoms with van der Waals surface area (Å²) < 4.78 is 16.6. The molecule has 1 unspecified atom stereocenters. The number of likely N-dealkylation sites (tertiary alicyclic amines) is 1. The molecule has 8 heteroatoms. The van der Waals surface area contributed by atoms with Gasteiger partial charge in [-0.25, -0.2) is 0 Å². The first-order valence-corrected chi connectivity index (χ1v) is 12.3. The van der Waals surface area contributed by atoms with Gasteiger partial charge in [0.15, 0.2) is 11.5 Å². The molecule has 0 spiro atoms. The predicted octanol–water partition coefficient (Wildman–Crippen LogP) is 5.50. The van der Waals surface area contributed by atoms with Gasteiger partial charge in [-0.05, 0) is 72.1 Å². The summed E-state index contributed by atoms with van der Waals surface area (Å²) in [5.41, 5.74) is 2.94. The SMILES string of the molecule is COc1cc(C2/C(=C(/O)c3ccc(OCc4ccccc4C)cc3)C(=O)C(=O)N2Cc2ccco2)ccc1O. The van der Waals surface area contributed by atoms with Crippen LogP contribution in [0.15, 0.2) is 95.1 Å². The number of ketones is 1. The van der Waals surface area contributed by atoms with E-state index in [0.29, 0.717) is 29.2 Å². The van der Waals surface area contributed by atoms with Gasteiger partial charge < -0.3 is 29.0 Å². The lowest BCUT2D eigenvalue weighted by Gasteiger charge is -2.25. The zero-order valence-corrected chi connectivity index (χ0v) is 21.5. The van der Waals surface area contributed by atoms with Crippen molar-refractivity contribution in [2.24, 2.45) is 0 Å². The molecule has 198 valence electrons. The monoisotopic (exact) mass is 525 g/mol. The highest BCUT2D eigenvalue weighted by molar-refractivity contribution is 6.46. The van der Waals surface area contributed by atoms with Crippen LogP contribution in [0.4, 0.5) is 0 Å². The third kappa shape index (κ3) is 5.09. The molecule has 5 rings (SSSR count). The van der Waals surface area contributed by atoms with Crippen LogP contribution in [0.5, 0.6) is 17.2 Å². The second-order valence-corrected chi connectivity index (χ2v) is 9.18. The smallest absolute Gasteiger partial charge is 0.296 e. The number of amides is 1. The molecule has 1 amide bonds. The standard InChI is InChI=1S/C31H27NO7/c1-19-6-3-4-7-22(19)18-39-23-12-9-20(10-13-23)29(34)27-28(21-11-14-25(33)26(16-21)37-2)32(31(36)30(27)35)17-24-8-5-15-38-24/h3-16,28,33-34H,17-18H2,1-2H3/b29-27-. The van der Waals surface area contributed by atoms with E-state index in [2.05, 4.69) is 0 Å². The molecule has 39 heavy (non-hydrogen) atoms. The number of furan rings is 1. The van der Waals surface area contributed by atoms with Crippen molar-refractivity contribution in [1.82, 2.24) is 4.90 Å². The van der Waals surface area contributed by atoms with Gasteiger partial charge in [0.1, 0.15) is 23.9 Å². The minimum Gasteiger partial charge on any atom is -0.507 e. The first-order chi connectivity index (χ1) is 18.9. The first kappa shape index (κ1) is 25.7. The Morgan fingerprint density at radius 1 is 1.00 bits per heavy atom. The zero-order chi connectivity index (χ0) is 27.5. The number of methoxy groups -OCH3 is 1. The molecule has 1 aliphatic heterocycles. The number of phenolic OH excluding ortho intramolecular Hbond substituents is 1. The maximum Gasteiger partial charge on any atom is 0.296 e. The van der Waals surface area contributed by atoms with Gasteiger partial charge >= 0.3 is 0 Å². The highest BCUT2D eigenvalue weighted by Gasteiger charge is 2.46. The Bertz CT molecular complexity index is 1540. The quantitative estimate of drug-likeness (QED) is 0.178. The van der Waals surface area contributed by atoms with E-state index in [0.717, 1.165) is 11.1 Å². The summed E-state index contributed by atoms with van der Waals surface area (Å²) in [5.74, 6) is -0.774. The van der Waals surface area contributed by atoms with Crippen molar-refractivity contribution in [3.8, 4) is 17.2 Å². The van der Waals surface area contributed by atoms with E-state index in [1.54, 1.807) is 42.5 Å². The van der Waals surface area contributed by atoms with Gasteiger partial charge in [-0.15, -0.1) is 0 Å². The maximum atomic E-state index is 13.3. The minimum absolute atomic E-state index is 0.00783. The molecule has 8 nitrogen and oxygen atoms in total. The number of ether oxygens (including phenoxy) is 2. The number of carbonyl (C=O) groups is 2. The number of hydrogen-bond donors (Lipinski definition) is 2. The van der Waals surface area contributed by atoms with Crippen molar-refractivity contribution >= 4 is 17.4 Å². The van der Waals surface area contributed by atoms with Crippen molar-refractivity contribution in [3.05, 3.63) is 119 Å². The molecule has 3 aromatic carbocycles. The van der Waals surface area contributed by atoms with E-state index in [9.17, 15) is 19.8 Å². The molecule has 1 aliphatic rings. The molecule has 0 radical (unpaired) electrons. The van der Waals surface area contributed by atoms with Crippen LogP contribution in [-0.4, -0.2) is 33.9 Å². The number of benzene rings is 3. The van der Waals surface area contributed by atoms with Crippen LogP contribution in [-0.2, 0) is 22.7 Å². The highest BCUT2D eigenvalue weighted by atomic mass is 16.5. The van der Waals surface area contributed by atoms with E-state index < -0.39 is 17.7 Å². The van der Waals surface area contributed by atoms with E-state index in [1.807, 2.05) is 31.2 Å². The summed E-state index contributed by atoms with van der Waals surface area (Å²) in [6.07, 6.45) is 1.48. The molecule has 0 aliphatic carbocycles. The molecule has 1 aromatic heterocycles. The minimum atomic E-state index is -0.943. The molecule has 2 heterocycles. The lowest BCUT2D eigenvalue weighted by Crippen LogP contribution is -2.29. The van der Waals surface area contributed by atoms with Crippen LogP contribution in [0.3, 0.4) is 0 Å². The molecule has 1 saturated heterocycles. The number of hydrogen-bond acceptors (Lipinski definition) is 7. The zero-order valence-electron chi connectivity index (χ0n) is 21.5. The summed E-state index contributed by atoms with van der Waals surface area (Å²) >= 11 is 0. The van der Waals surface area contributed by atoms with Gasteiger partial charge in [0, 0.05) is 5.56 Å². The fourth-order valence-electron chi connectivity index (χ4n) is 4.62. The number of rotatable bonds is 8. The highest BCUT2D eigenvalue weighted by Crippen LogP contribution is 2.42. The second-order valence-electron chi connectivity index (χ2n) is 9.18. The summed E-state index contributed by atoms with van der Waals surface area (Å²) in [7, 11) is 1.40. The summed E-state index contributed by atoms with van der Waals surface area (Å²) in [5, 5.41) is 21.4. The Labute approximate surface area is 225 Å². The molecule has 0 saturated carbocycles. The number of Topliss-reactive ketones (excluding diaryl/α,β-unsaturated/α-hetero) is 1. The Morgan fingerprint density at radius 2 is 1.77 bits per heavy atom. The Kier molecular flexibility index (Phi) is 7.10. The van der Waals surface area contributed by atoms with Gasteiger partial charge in [-0.1, -0.05) is 30.3 Å². The number of aryl methyl sites for hydroxylation is 1. The van der Waals surface area contributed by atoms with Crippen LogP contribution in [0.25, 0.3) is 5.76 Å². The lowest BCUT2D eigenvalue weighted by molar-refractivity contribution is -0.140. The number of carbonyl (C=O) groups excluding carboxylic acids is 2. The normalized spacial score (nSPS) is 16.5. The first-order valence-electron chi connectivity index (χ1n) is 12.3. The van der Waals surface area contributed by atoms with Crippen LogP contribution < -0.4 is 9.47 Å². The topological polar surface area (TPSA) is 109 Å². The van der Waals surface area contributed by atoms with Crippen molar-refractivity contribution in [2.45, 2.75) is 26.1 Å². The fourth-order valence-corrected chi connectivity index (χ4v) is 4.62. The Morgan fingerprint density at radius 3 is 2.46 bits per heavy atom. The van der Waals surface area contributed by atoms with Crippen LogP contribution in [0.1, 0.15) is 34.1 Å². The third-order valence-electron chi connectivity index (χ3n) is 6.75. The fraction of sp³-hybridized carbons (Fsp3) is 0.161. The second kappa shape index (κ2) is 10.8. The number of aliphatic hydroxyl groups excluding tert-OH is 1. The van der Waals surface area contributed by atoms with Gasteiger partial charge in [0.2, 0.25) is 0 Å². The molecule has 0 bridgehead atoms. The number of phenols is 1. The van der Waals surface area contributed by atoms with Crippen LogP contribution in [0.2, 0.25) is 0 Å². The van der Waals surface area contributed by atoms with Crippen LogP contribution >= 0.6 is 0 Å².